The lowest BCUT2D eigenvalue weighted by molar-refractivity contribution is 0.0588. The lowest BCUT2D eigenvalue weighted by Gasteiger charge is -2.10. The maximum Gasteiger partial charge on any atom is 0.251 e. The van der Waals surface area contributed by atoms with Gasteiger partial charge in [-0.15, -0.1) is 0 Å². The minimum absolute atomic E-state index is 0.130. The van der Waals surface area contributed by atoms with Crippen molar-refractivity contribution in [3.8, 4) is 0 Å². The number of amides is 1. The topological polar surface area (TPSA) is 74.3 Å². The summed E-state index contributed by atoms with van der Waals surface area (Å²) in [5, 5.41) is 13.2. The van der Waals surface area contributed by atoms with Gasteiger partial charge in [-0.1, -0.05) is 6.07 Å². The van der Waals surface area contributed by atoms with Gasteiger partial charge >= 0.3 is 0 Å². The van der Waals surface area contributed by atoms with E-state index in [0.29, 0.717) is 18.5 Å². The molecule has 0 saturated carbocycles. The van der Waals surface area contributed by atoms with Gasteiger partial charge in [-0.05, 0) is 24.6 Å². The predicted molar refractivity (Wildman–Crippen MR) is 73.1 cm³/mol. The summed E-state index contributed by atoms with van der Waals surface area (Å²) in [5.74, 6) is -0.130. The number of hydrogen-bond donors (Lipinski definition) is 3. The third kappa shape index (κ3) is 3.33. The molecule has 102 valence electrons. The van der Waals surface area contributed by atoms with E-state index in [2.05, 4.69) is 10.3 Å². The number of fused-ring (bicyclic) bond motifs is 1. The predicted octanol–water partition coefficient (Wildman–Crippen LogP) is 1.30. The quantitative estimate of drug-likeness (QED) is 0.734. The Morgan fingerprint density at radius 2 is 2.32 bits per heavy atom. The lowest BCUT2D eigenvalue weighted by atomic mass is 10.1. The van der Waals surface area contributed by atoms with E-state index in [-0.39, 0.29) is 12.5 Å². The molecule has 0 aliphatic rings. The van der Waals surface area contributed by atoms with E-state index in [1.807, 2.05) is 24.4 Å². The molecule has 0 aliphatic carbocycles. The Bertz CT molecular complexity index is 550. The van der Waals surface area contributed by atoms with Gasteiger partial charge < -0.3 is 20.1 Å². The highest BCUT2D eigenvalue weighted by atomic mass is 16.5. The highest BCUT2D eigenvalue weighted by Gasteiger charge is 2.10. The first-order chi connectivity index (χ1) is 9.22. The summed E-state index contributed by atoms with van der Waals surface area (Å²) >= 11 is 0. The summed E-state index contributed by atoms with van der Waals surface area (Å²) in [5.41, 5.74) is 1.58. The number of aliphatic hydroxyl groups is 1. The Morgan fingerprint density at radius 1 is 1.47 bits per heavy atom. The van der Waals surface area contributed by atoms with Crippen molar-refractivity contribution in [1.29, 1.82) is 0 Å². The van der Waals surface area contributed by atoms with Crippen LogP contribution in [0.15, 0.2) is 30.5 Å². The molecule has 0 fully saturated rings. The van der Waals surface area contributed by atoms with E-state index in [1.54, 1.807) is 6.07 Å². The number of hydrogen-bond acceptors (Lipinski definition) is 3. The Kier molecular flexibility index (Phi) is 4.54. The van der Waals surface area contributed by atoms with Crippen LogP contribution < -0.4 is 5.32 Å². The molecule has 1 atom stereocenters. The van der Waals surface area contributed by atoms with Crippen molar-refractivity contribution >= 4 is 16.8 Å². The van der Waals surface area contributed by atoms with Crippen molar-refractivity contribution in [3.63, 3.8) is 0 Å². The molecule has 2 rings (SSSR count). The molecule has 0 bridgehead atoms. The number of carbonyl (C=O) groups is 1. The maximum absolute atomic E-state index is 12.1. The Balaban J connectivity index is 1.95. The number of carbonyl (C=O) groups excluding carboxylic acids is 1. The number of rotatable bonds is 6. The first-order valence-corrected chi connectivity index (χ1v) is 6.23. The Hall–Kier alpha value is -1.85. The fraction of sp³-hybridized carbons (Fsp3) is 0.357. The first-order valence-electron chi connectivity index (χ1n) is 6.23. The molecule has 5 heteroatoms. The van der Waals surface area contributed by atoms with Crippen molar-refractivity contribution in [2.24, 2.45) is 0 Å². The van der Waals surface area contributed by atoms with Gasteiger partial charge in [0.15, 0.2) is 0 Å². The van der Waals surface area contributed by atoms with E-state index >= 15 is 0 Å². The first kappa shape index (κ1) is 13.6. The SMILES string of the molecule is COCC(O)CCNC(=O)c1cccc2[nH]ccc12. The summed E-state index contributed by atoms with van der Waals surface area (Å²) in [6.07, 6.45) is 1.74. The number of ether oxygens (including phenoxy) is 1. The fourth-order valence-corrected chi connectivity index (χ4v) is 2.01. The van der Waals surface area contributed by atoms with Gasteiger partial charge in [0.25, 0.3) is 5.91 Å². The molecule has 1 heterocycles. The van der Waals surface area contributed by atoms with Crippen LogP contribution >= 0.6 is 0 Å². The fourth-order valence-electron chi connectivity index (χ4n) is 2.01. The number of aromatic nitrogens is 1. The van der Waals surface area contributed by atoms with Gasteiger partial charge in [-0.2, -0.15) is 0 Å². The lowest BCUT2D eigenvalue weighted by Crippen LogP contribution is -2.28. The van der Waals surface area contributed by atoms with Crippen LogP contribution in [0.25, 0.3) is 10.9 Å². The minimum Gasteiger partial charge on any atom is -0.391 e. The molecule has 0 radical (unpaired) electrons. The zero-order valence-corrected chi connectivity index (χ0v) is 10.8. The summed E-state index contributed by atoms with van der Waals surface area (Å²) in [6, 6.07) is 7.43. The smallest absolute Gasteiger partial charge is 0.251 e. The molecule has 5 nitrogen and oxygen atoms in total. The molecule has 1 aromatic carbocycles. The summed E-state index contributed by atoms with van der Waals surface area (Å²) in [6.45, 7) is 0.702. The molecular weight excluding hydrogens is 244 g/mol. The number of nitrogens with one attached hydrogen (secondary N) is 2. The van der Waals surface area contributed by atoms with Crippen molar-refractivity contribution < 1.29 is 14.6 Å². The largest absolute Gasteiger partial charge is 0.391 e. The van der Waals surface area contributed by atoms with Crippen molar-refractivity contribution in [3.05, 3.63) is 36.0 Å². The number of aromatic amines is 1. The Labute approximate surface area is 111 Å². The van der Waals surface area contributed by atoms with Crippen LogP contribution in [-0.4, -0.2) is 42.4 Å². The average molecular weight is 262 g/mol. The number of H-pyrrole nitrogens is 1. The second-order valence-corrected chi connectivity index (χ2v) is 4.40. The third-order valence-electron chi connectivity index (χ3n) is 2.96. The van der Waals surface area contributed by atoms with E-state index in [1.165, 1.54) is 7.11 Å². The van der Waals surface area contributed by atoms with Gasteiger partial charge in [0, 0.05) is 36.3 Å². The van der Waals surface area contributed by atoms with Crippen LogP contribution in [0.5, 0.6) is 0 Å². The molecule has 3 N–H and O–H groups in total. The maximum atomic E-state index is 12.1. The van der Waals surface area contributed by atoms with Gasteiger partial charge in [0.2, 0.25) is 0 Å². The van der Waals surface area contributed by atoms with Crippen LogP contribution in [0.4, 0.5) is 0 Å². The highest BCUT2D eigenvalue weighted by molar-refractivity contribution is 6.06. The Morgan fingerprint density at radius 3 is 3.11 bits per heavy atom. The van der Waals surface area contributed by atoms with Gasteiger partial charge in [-0.25, -0.2) is 0 Å². The normalized spacial score (nSPS) is 12.5. The van der Waals surface area contributed by atoms with E-state index in [9.17, 15) is 9.90 Å². The molecule has 1 aromatic heterocycles. The molecule has 0 aliphatic heterocycles. The minimum atomic E-state index is -0.548. The average Bonchev–Trinajstić information content (AvgIpc) is 2.86. The van der Waals surface area contributed by atoms with E-state index < -0.39 is 6.10 Å². The van der Waals surface area contributed by atoms with Crippen molar-refractivity contribution in [2.45, 2.75) is 12.5 Å². The van der Waals surface area contributed by atoms with Crippen molar-refractivity contribution in [1.82, 2.24) is 10.3 Å². The second kappa shape index (κ2) is 6.36. The molecule has 19 heavy (non-hydrogen) atoms. The number of aliphatic hydroxyl groups excluding tert-OH is 1. The van der Waals surface area contributed by atoms with Crippen LogP contribution in [0, 0.1) is 0 Å². The zero-order chi connectivity index (χ0) is 13.7. The van der Waals surface area contributed by atoms with E-state index in [4.69, 9.17) is 4.74 Å². The van der Waals surface area contributed by atoms with Crippen molar-refractivity contribution in [2.75, 3.05) is 20.3 Å². The molecule has 0 saturated heterocycles. The van der Waals surface area contributed by atoms with Crippen LogP contribution in [0.3, 0.4) is 0 Å². The standard InChI is InChI=1S/C14H18N2O3/c1-19-9-10(17)5-7-16-14(18)12-3-2-4-13-11(12)6-8-15-13/h2-4,6,8,10,15,17H,5,7,9H2,1H3,(H,16,18). The third-order valence-corrected chi connectivity index (χ3v) is 2.96. The summed E-state index contributed by atoms with van der Waals surface area (Å²) in [4.78, 5) is 15.1. The van der Waals surface area contributed by atoms with Crippen LogP contribution in [0.1, 0.15) is 16.8 Å². The molecule has 1 amide bonds. The summed E-state index contributed by atoms with van der Waals surface area (Å²) < 4.78 is 4.83. The van der Waals surface area contributed by atoms with Gasteiger partial charge in [0.05, 0.1) is 12.7 Å². The molecule has 1 unspecified atom stereocenters. The zero-order valence-electron chi connectivity index (χ0n) is 10.8. The van der Waals surface area contributed by atoms with Gasteiger partial charge in [0.1, 0.15) is 0 Å². The second-order valence-electron chi connectivity index (χ2n) is 4.40. The molecular formula is C14H18N2O3. The van der Waals surface area contributed by atoms with Crippen LogP contribution in [-0.2, 0) is 4.74 Å². The number of benzene rings is 1. The monoisotopic (exact) mass is 262 g/mol. The molecule has 2 aromatic rings. The highest BCUT2D eigenvalue weighted by Crippen LogP contribution is 2.17. The van der Waals surface area contributed by atoms with Crippen LogP contribution in [0.2, 0.25) is 0 Å². The summed E-state index contributed by atoms with van der Waals surface area (Å²) in [7, 11) is 1.54. The molecule has 0 spiro atoms. The van der Waals surface area contributed by atoms with Gasteiger partial charge in [-0.3, -0.25) is 4.79 Å². The van der Waals surface area contributed by atoms with E-state index in [0.717, 1.165) is 10.9 Å². The number of methoxy groups -OCH3 is 1.